The average molecular weight is 384 g/mol. The van der Waals surface area contributed by atoms with Crippen LogP contribution in [0.1, 0.15) is 24.2 Å². The van der Waals surface area contributed by atoms with Crippen molar-refractivity contribution in [2.45, 2.75) is 26.4 Å². The quantitative estimate of drug-likeness (QED) is 0.656. The van der Waals surface area contributed by atoms with Gasteiger partial charge in [-0.1, -0.05) is 6.92 Å². The van der Waals surface area contributed by atoms with Crippen LogP contribution in [-0.2, 0) is 6.54 Å². The highest BCUT2D eigenvalue weighted by molar-refractivity contribution is 5.96. The Morgan fingerprint density at radius 3 is 2.71 bits per heavy atom. The van der Waals surface area contributed by atoms with Crippen molar-refractivity contribution in [2.24, 2.45) is 0 Å². The number of carboxylic acids is 1. The minimum atomic E-state index is -1.29. The number of anilines is 1. The van der Waals surface area contributed by atoms with Gasteiger partial charge >= 0.3 is 5.97 Å². The normalized spacial score (nSPS) is 14.6. The lowest BCUT2D eigenvalue weighted by molar-refractivity contribution is 0.0695. The van der Waals surface area contributed by atoms with Crippen LogP contribution in [0.2, 0.25) is 0 Å². The number of nitrogens with one attached hydrogen (secondary N) is 1. The molecule has 146 valence electrons. The standard InChI is InChI=1S/C20H21FN4O3/c1-3-22-12-8-25(9-12)17-7-16-11(6-15(17)21)5-13-18(26)14(20(27)28)10-24(4-2)19(13)23-16/h5-7,10,12,22H,3-4,8-9H2,1-2H3,(H,27,28). The van der Waals surface area contributed by atoms with Crippen LogP contribution in [0.4, 0.5) is 10.1 Å². The van der Waals surface area contributed by atoms with Crippen LogP contribution in [-0.4, -0.2) is 46.3 Å². The first-order valence-electron chi connectivity index (χ1n) is 9.32. The van der Waals surface area contributed by atoms with E-state index in [1.165, 1.54) is 18.3 Å². The molecule has 0 bridgehead atoms. The second-order valence-electron chi connectivity index (χ2n) is 6.98. The van der Waals surface area contributed by atoms with E-state index in [4.69, 9.17) is 0 Å². The maximum absolute atomic E-state index is 14.7. The molecule has 1 saturated heterocycles. The maximum atomic E-state index is 14.7. The summed E-state index contributed by atoms with van der Waals surface area (Å²) in [4.78, 5) is 30.5. The van der Waals surface area contributed by atoms with Crippen molar-refractivity contribution in [3.63, 3.8) is 0 Å². The average Bonchev–Trinajstić information content (AvgIpc) is 2.63. The van der Waals surface area contributed by atoms with Gasteiger partial charge in [0.15, 0.2) is 0 Å². The number of hydrogen-bond acceptors (Lipinski definition) is 5. The first kappa shape index (κ1) is 18.4. The molecule has 0 radical (unpaired) electrons. The summed E-state index contributed by atoms with van der Waals surface area (Å²) in [5.74, 6) is -1.67. The number of likely N-dealkylation sites (N-methyl/N-ethyl adjacent to an activating group) is 1. The van der Waals surface area contributed by atoms with E-state index in [0.29, 0.717) is 34.8 Å². The van der Waals surface area contributed by atoms with Gasteiger partial charge in [-0.3, -0.25) is 4.79 Å². The lowest BCUT2D eigenvalue weighted by atomic mass is 10.1. The lowest BCUT2D eigenvalue weighted by Gasteiger charge is -2.41. The van der Waals surface area contributed by atoms with Gasteiger partial charge in [-0.2, -0.15) is 0 Å². The topological polar surface area (TPSA) is 87.5 Å². The molecule has 3 aromatic rings. The Bertz CT molecular complexity index is 1150. The molecule has 1 aliphatic heterocycles. The highest BCUT2D eigenvalue weighted by Crippen LogP contribution is 2.29. The fourth-order valence-electron chi connectivity index (χ4n) is 3.71. The van der Waals surface area contributed by atoms with E-state index in [2.05, 4.69) is 10.3 Å². The Morgan fingerprint density at radius 1 is 1.32 bits per heavy atom. The van der Waals surface area contributed by atoms with Crippen molar-refractivity contribution < 1.29 is 14.3 Å². The van der Waals surface area contributed by atoms with E-state index in [1.54, 1.807) is 10.6 Å². The van der Waals surface area contributed by atoms with Crippen LogP contribution < -0.4 is 15.6 Å². The van der Waals surface area contributed by atoms with Crippen LogP contribution >= 0.6 is 0 Å². The number of carbonyl (C=O) groups is 1. The molecule has 2 aromatic heterocycles. The summed E-state index contributed by atoms with van der Waals surface area (Å²) in [5.41, 5.74) is 0.531. The molecule has 2 N–H and O–H groups in total. The number of aromatic nitrogens is 2. The minimum absolute atomic E-state index is 0.178. The molecule has 8 heteroatoms. The van der Waals surface area contributed by atoms with Gasteiger partial charge in [-0.15, -0.1) is 0 Å². The van der Waals surface area contributed by atoms with Crippen molar-refractivity contribution in [3.8, 4) is 0 Å². The first-order valence-corrected chi connectivity index (χ1v) is 9.32. The molecule has 7 nitrogen and oxygen atoms in total. The van der Waals surface area contributed by atoms with E-state index in [-0.39, 0.29) is 16.8 Å². The number of halogens is 1. The largest absolute Gasteiger partial charge is 0.477 e. The summed E-state index contributed by atoms with van der Waals surface area (Å²) in [6.45, 7) is 6.67. The molecular formula is C20H21FN4O3. The molecule has 1 aliphatic rings. The predicted octanol–water partition coefficient (Wildman–Crippen LogP) is 2.21. The summed E-state index contributed by atoms with van der Waals surface area (Å²) in [7, 11) is 0. The Morgan fingerprint density at radius 2 is 2.07 bits per heavy atom. The monoisotopic (exact) mass is 384 g/mol. The smallest absolute Gasteiger partial charge is 0.341 e. The van der Waals surface area contributed by atoms with Gasteiger partial charge in [-0.25, -0.2) is 14.2 Å². The summed E-state index contributed by atoms with van der Waals surface area (Å²) in [5, 5.41) is 13.3. The Labute approximate surface area is 160 Å². The van der Waals surface area contributed by atoms with Gasteiger partial charge in [0.1, 0.15) is 17.0 Å². The van der Waals surface area contributed by atoms with Crippen molar-refractivity contribution >= 4 is 33.6 Å². The van der Waals surface area contributed by atoms with E-state index < -0.39 is 11.4 Å². The molecule has 28 heavy (non-hydrogen) atoms. The lowest BCUT2D eigenvalue weighted by Crippen LogP contribution is -2.58. The number of pyridine rings is 2. The van der Waals surface area contributed by atoms with Crippen LogP contribution in [0.5, 0.6) is 0 Å². The molecule has 0 spiro atoms. The van der Waals surface area contributed by atoms with Crippen molar-refractivity contribution in [1.82, 2.24) is 14.9 Å². The summed E-state index contributed by atoms with van der Waals surface area (Å²) in [6, 6.07) is 4.94. The number of benzene rings is 1. The SMILES string of the molecule is CCNC1CN(c2cc3nc4c(cc3cc2F)c(=O)c(C(=O)O)cn4CC)C1. The summed E-state index contributed by atoms with van der Waals surface area (Å²) >= 11 is 0. The van der Waals surface area contributed by atoms with Crippen molar-refractivity contribution in [2.75, 3.05) is 24.5 Å². The number of rotatable bonds is 5. The third kappa shape index (κ3) is 2.90. The van der Waals surface area contributed by atoms with Crippen LogP contribution in [0.15, 0.2) is 29.2 Å². The minimum Gasteiger partial charge on any atom is -0.477 e. The Kier molecular flexibility index (Phi) is 4.50. The fraction of sp³-hybridized carbons (Fsp3) is 0.350. The number of carboxylic acid groups (broad SMARTS) is 1. The van der Waals surface area contributed by atoms with Gasteiger partial charge in [0.05, 0.1) is 16.6 Å². The van der Waals surface area contributed by atoms with Gasteiger partial charge in [0.25, 0.3) is 0 Å². The summed E-state index contributed by atoms with van der Waals surface area (Å²) in [6.07, 6.45) is 1.31. The molecule has 1 fully saturated rings. The highest BCUT2D eigenvalue weighted by atomic mass is 19.1. The molecule has 1 aromatic carbocycles. The third-order valence-corrected chi connectivity index (χ3v) is 5.20. The zero-order valence-electron chi connectivity index (χ0n) is 15.7. The molecule has 0 saturated carbocycles. The Hall–Kier alpha value is -3.00. The third-order valence-electron chi connectivity index (χ3n) is 5.20. The van der Waals surface area contributed by atoms with Crippen LogP contribution in [0, 0.1) is 5.82 Å². The van der Waals surface area contributed by atoms with E-state index >= 15 is 0 Å². The predicted molar refractivity (Wildman–Crippen MR) is 106 cm³/mol. The number of fused-ring (bicyclic) bond motifs is 2. The zero-order valence-corrected chi connectivity index (χ0v) is 15.7. The second-order valence-corrected chi connectivity index (χ2v) is 6.98. The molecule has 0 amide bonds. The molecular weight excluding hydrogens is 363 g/mol. The van der Waals surface area contributed by atoms with Crippen LogP contribution in [0.3, 0.4) is 0 Å². The molecule has 0 unspecified atom stereocenters. The molecule has 4 rings (SSSR count). The van der Waals surface area contributed by atoms with Crippen molar-refractivity contribution in [1.29, 1.82) is 0 Å². The summed E-state index contributed by atoms with van der Waals surface area (Å²) < 4.78 is 16.3. The number of nitrogens with zero attached hydrogens (tertiary/aromatic N) is 3. The Balaban J connectivity index is 1.86. The van der Waals surface area contributed by atoms with Gasteiger partial charge in [-0.05, 0) is 31.7 Å². The van der Waals surface area contributed by atoms with E-state index in [1.807, 2.05) is 18.7 Å². The molecule has 0 aliphatic carbocycles. The first-order chi connectivity index (χ1) is 13.4. The van der Waals surface area contributed by atoms with E-state index in [9.17, 15) is 19.1 Å². The van der Waals surface area contributed by atoms with E-state index in [0.717, 1.165) is 19.6 Å². The number of aromatic carboxylic acids is 1. The van der Waals surface area contributed by atoms with Gasteiger partial charge in [0, 0.05) is 37.3 Å². The maximum Gasteiger partial charge on any atom is 0.341 e. The molecule has 3 heterocycles. The van der Waals surface area contributed by atoms with Gasteiger partial charge in [0.2, 0.25) is 5.43 Å². The highest BCUT2D eigenvalue weighted by Gasteiger charge is 2.28. The van der Waals surface area contributed by atoms with Crippen LogP contribution in [0.25, 0.3) is 21.9 Å². The fourth-order valence-corrected chi connectivity index (χ4v) is 3.71. The number of aryl methyl sites for hydroxylation is 1. The number of hydrogen-bond donors (Lipinski definition) is 2. The van der Waals surface area contributed by atoms with Gasteiger partial charge < -0.3 is 19.9 Å². The zero-order chi connectivity index (χ0) is 20.0. The van der Waals surface area contributed by atoms with Crippen molar-refractivity contribution in [3.05, 3.63) is 46.0 Å². The second kappa shape index (κ2) is 6.87. The molecule has 0 atom stereocenters.